The smallest absolute Gasteiger partial charge is 0.324 e. The largest absolute Gasteiger partial charge is 0.332 e. The Morgan fingerprint density at radius 2 is 1.94 bits per heavy atom. The van der Waals surface area contributed by atoms with E-state index >= 15 is 0 Å². The van der Waals surface area contributed by atoms with Gasteiger partial charge in [-0.05, 0) is 19.3 Å². The zero-order valence-electron chi connectivity index (χ0n) is 9.84. The molecule has 2 atom stereocenters. The number of carbonyl (C=O) groups is 1. The highest BCUT2D eigenvalue weighted by Crippen LogP contribution is 2.61. The molecule has 0 aromatic heterocycles. The molecule has 0 spiro atoms. The quantitative estimate of drug-likeness (QED) is 0.764. The van der Waals surface area contributed by atoms with Gasteiger partial charge in [-0.15, -0.1) is 0 Å². The van der Waals surface area contributed by atoms with Crippen molar-refractivity contribution >= 4 is 24.5 Å². The standard InChI is InChI=1S/C10H19O4PS/c1-4-10(5-2,15(12,13)14)8-6-7(3)9(11)16-8/h7-8H,4-6H2,1-3H3,(H2,12,13,14). The third-order valence-electron chi connectivity index (χ3n) is 3.63. The van der Waals surface area contributed by atoms with Gasteiger partial charge in [0.05, 0.1) is 5.16 Å². The van der Waals surface area contributed by atoms with Crippen LogP contribution in [-0.4, -0.2) is 25.3 Å². The number of hydrogen-bond acceptors (Lipinski definition) is 3. The maximum atomic E-state index is 11.7. The first-order valence-corrected chi connectivity index (χ1v) is 8.03. The van der Waals surface area contributed by atoms with Crippen molar-refractivity contribution in [1.82, 2.24) is 0 Å². The topological polar surface area (TPSA) is 74.6 Å². The fourth-order valence-electron chi connectivity index (χ4n) is 2.36. The molecule has 1 heterocycles. The van der Waals surface area contributed by atoms with Crippen LogP contribution in [-0.2, 0) is 9.36 Å². The lowest BCUT2D eigenvalue weighted by atomic mass is 9.92. The second-order valence-electron chi connectivity index (χ2n) is 4.42. The predicted octanol–water partition coefficient (Wildman–Crippen LogP) is 2.39. The van der Waals surface area contributed by atoms with E-state index in [0.29, 0.717) is 19.3 Å². The van der Waals surface area contributed by atoms with E-state index < -0.39 is 12.8 Å². The Morgan fingerprint density at radius 1 is 1.44 bits per heavy atom. The number of thioether (sulfide) groups is 1. The molecule has 0 aliphatic carbocycles. The minimum Gasteiger partial charge on any atom is -0.324 e. The second-order valence-corrected chi connectivity index (χ2v) is 7.60. The van der Waals surface area contributed by atoms with Gasteiger partial charge < -0.3 is 9.79 Å². The third kappa shape index (κ3) is 2.23. The molecule has 0 radical (unpaired) electrons. The molecule has 0 amide bonds. The monoisotopic (exact) mass is 266 g/mol. The molecule has 0 saturated carbocycles. The fraction of sp³-hybridized carbons (Fsp3) is 0.900. The van der Waals surface area contributed by atoms with Gasteiger partial charge >= 0.3 is 7.60 Å². The van der Waals surface area contributed by atoms with Crippen LogP contribution in [0.3, 0.4) is 0 Å². The average molecular weight is 266 g/mol. The van der Waals surface area contributed by atoms with Gasteiger partial charge in [-0.25, -0.2) is 0 Å². The summed E-state index contributed by atoms with van der Waals surface area (Å²) in [6, 6.07) is 0. The molecule has 1 rings (SSSR count). The first-order valence-electron chi connectivity index (χ1n) is 5.54. The molecule has 0 bridgehead atoms. The molecule has 1 aliphatic heterocycles. The van der Waals surface area contributed by atoms with Crippen molar-refractivity contribution in [3.63, 3.8) is 0 Å². The molecule has 6 heteroatoms. The van der Waals surface area contributed by atoms with Crippen LogP contribution in [0.15, 0.2) is 0 Å². The zero-order chi connectivity index (χ0) is 12.6. The van der Waals surface area contributed by atoms with Crippen LogP contribution in [0.4, 0.5) is 0 Å². The Hall–Kier alpha value is 0.170. The van der Waals surface area contributed by atoms with Gasteiger partial charge in [0.25, 0.3) is 0 Å². The van der Waals surface area contributed by atoms with Gasteiger partial charge in [0.1, 0.15) is 0 Å². The molecule has 2 unspecified atom stereocenters. The molecule has 1 aliphatic rings. The second kappa shape index (κ2) is 4.81. The molecule has 94 valence electrons. The maximum absolute atomic E-state index is 11.7. The highest BCUT2D eigenvalue weighted by atomic mass is 32.2. The lowest BCUT2D eigenvalue weighted by molar-refractivity contribution is -0.113. The molecule has 1 saturated heterocycles. The van der Waals surface area contributed by atoms with Crippen LogP contribution in [0.25, 0.3) is 0 Å². The van der Waals surface area contributed by atoms with Crippen molar-refractivity contribution in [1.29, 1.82) is 0 Å². The highest BCUT2D eigenvalue weighted by molar-refractivity contribution is 8.14. The van der Waals surface area contributed by atoms with E-state index in [9.17, 15) is 19.1 Å². The Kier molecular flexibility index (Phi) is 4.28. The van der Waals surface area contributed by atoms with E-state index in [1.165, 1.54) is 0 Å². The minimum atomic E-state index is -4.18. The normalized spacial score (nSPS) is 27.4. The Labute approximate surface area is 100 Å². The van der Waals surface area contributed by atoms with E-state index in [1.807, 2.05) is 6.92 Å². The number of rotatable bonds is 4. The van der Waals surface area contributed by atoms with E-state index in [1.54, 1.807) is 13.8 Å². The van der Waals surface area contributed by atoms with Gasteiger partial charge in [-0.3, -0.25) is 9.36 Å². The van der Waals surface area contributed by atoms with Crippen molar-refractivity contribution in [2.24, 2.45) is 5.92 Å². The summed E-state index contributed by atoms with van der Waals surface area (Å²) in [6.45, 7) is 5.40. The first kappa shape index (κ1) is 14.2. The lowest BCUT2D eigenvalue weighted by Gasteiger charge is -2.36. The molecular weight excluding hydrogens is 247 g/mol. The fourth-order valence-corrected chi connectivity index (χ4v) is 5.78. The third-order valence-corrected chi connectivity index (χ3v) is 7.47. The summed E-state index contributed by atoms with van der Waals surface area (Å²) in [5.74, 6) is -0.0842. The summed E-state index contributed by atoms with van der Waals surface area (Å²) in [4.78, 5) is 30.6. The molecule has 0 aromatic rings. The van der Waals surface area contributed by atoms with Crippen molar-refractivity contribution in [3.05, 3.63) is 0 Å². The van der Waals surface area contributed by atoms with Crippen molar-refractivity contribution < 1.29 is 19.1 Å². The average Bonchev–Trinajstić information content (AvgIpc) is 2.48. The Balaban J connectivity index is 3.05. The summed E-state index contributed by atoms with van der Waals surface area (Å²) in [7, 11) is -4.18. The Morgan fingerprint density at radius 3 is 2.19 bits per heavy atom. The van der Waals surface area contributed by atoms with Crippen LogP contribution in [0.5, 0.6) is 0 Å². The van der Waals surface area contributed by atoms with Gasteiger partial charge in [-0.1, -0.05) is 32.5 Å². The summed E-state index contributed by atoms with van der Waals surface area (Å²) in [5.41, 5.74) is 0. The first-order chi connectivity index (χ1) is 7.28. The summed E-state index contributed by atoms with van der Waals surface area (Å²) in [6.07, 6.45) is 1.40. The predicted molar refractivity (Wildman–Crippen MR) is 65.5 cm³/mol. The molecular formula is C10H19O4PS. The lowest BCUT2D eigenvalue weighted by Crippen LogP contribution is -2.38. The molecule has 2 N–H and O–H groups in total. The van der Waals surface area contributed by atoms with Crippen LogP contribution < -0.4 is 0 Å². The van der Waals surface area contributed by atoms with E-state index in [4.69, 9.17) is 0 Å². The van der Waals surface area contributed by atoms with Crippen molar-refractivity contribution in [2.75, 3.05) is 0 Å². The van der Waals surface area contributed by atoms with E-state index in [0.717, 1.165) is 11.8 Å². The molecule has 16 heavy (non-hydrogen) atoms. The summed E-state index contributed by atoms with van der Waals surface area (Å²) >= 11 is 1.13. The SMILES string of the molecule is CCC(CC)(C1CC(C)C(=O)S1)P(=O)(O)O. The van der Waals surface area contributed by atoms with Crippen molar-refractivity contribution in [3.8, 4) is 0 Å². The van der Waals surface area contributed by atoms with Gasteiger partial charge in [-0.2, -0.15) is 0 Å². The molecule has 4 nitrogen and oxygen atoms in total. The zero-order valence-corrected chi connectivity index (χ0v) is 11.6. The van der Waals surface area contributed by atoms with Crippen LogP contribution >= 0.6 is 19.4 Å². The van der Waals surface area contributed by atoms with E-state index in [-0.39, 0.29) is 16.3 Å². The highest BCUT2D eigenvalue weighted by Gasteiger charge is 2.53. The summed E-state index contributed by atoms with van der Waals surface area (Å²) < 4.78 is 11.7. The maximum Gasteiger partial charge on any atom is 0.332 e. The Bertz CT molecular complexity index is 321. The molecule has 1 fully saturated rings. The van der Waals surface area contributed by atoms with Crippen LogP contribution in [0, 0.1) is 5.92 Å². The van der Waals surface area contributed by atoms with Gasteiger partial charge in [0.15, 0.2) is 5.12 Å². The van der Waals surface area contributed by atoms with Gasteiger partial charge in [0.2, 0.25) is 0 Å². The van der Waals surface area contributed by atoms with Gasteiger partial charge in [0, 0.05) is 11.2 Å². The molecule has 0 aromatic carbocycles. The van der Waals surface area contributed by atoms with E-state index in [2.05, 4.69) is 0 Å². The number of hydrogen-bond donors (Lipinski definition) is 2. The number of carbonyl (C=O) groups excluding carboxylic acids is 1. The van der Waals surface area contributed by atoms with Crippen LogP contribution in [0.2, 0.25) is 0 Å². The minimum absolute atomic E-state index is 0.0599. The van der Waals surface area contributed by atoms with Crippen molar-refractivity contribution in [2.45, 2.75) is 50.4 Å². The summed E-state index contributed by atoms with van der Waals surface area (Å²) in [5, 5.41) is -1.21. The van der Waals surface area contributed by atoms with Crippen LogP contribution in [0.1, 0.15) is 40.0 Å².